The predicted octanol–water partition coefficient (Wildman–Crippen LogP) is 3.82. The molecule has 0 saturated heterocycles. The van der Waals surface area contributed by atoms with Crippen LogP contribution in [0.15, 0.2) is 42.5 Å². The lowest BCUT2D eigenvalue weighted by atomic mass is 9.96. The van der Waals surface area contributed by atoms with Crippen LogP contribution in [0.4, 0.5) is 0 Å². The smallest absolute Gasteiger partial charge is 0.120 e. The van der Waals surface area contributed by atoms with Crippen molar-refractivity contribution in [2.24, 2.45) is 0 Å². The van der Waals surface area contributed by atoms with Gasteiger partial charge in [0.1, 0.15) is 5.75 Å². The van der Waals surface area contributed by atoms with Gasteiger partial charge < -0.3 is 5.11 Å². The van der Waals surface area contributed by atoms with Crippen LogP contribution >= 0.6 is 0 Å². The van der Waals surface area contributed by atoms with E-state index in [1.165, 1.54) is 16.7 Å². The van der Waals surface area contributed by atoms with Crippen molar-refractivity contribution in [3.8, 4) is 5.75 Å². The summed E-state index contributed by atoms with van der Waals surface area (Å²) in [6.07, 6.45) is 1.09. The Morgan fingerprint density at radius 2 is 1.85 bits per heavy atom. The zero-order valence-electron chi connectivity index (χ0n) is 12.1. The minimum absolute atomic E-state index is 0.239. The third kappa shape index (κ3) is 2.44. The van der Waals surface area contributed by atoms with Gasteiger partial charge in [-0.2, -0.15) is 0 Å². The van der Waals surface area contributed by atoms with Crippen LogP contribution in [0.3, 0.4) is 0 Å². The van der Waals surface area contributed by atoms with Crippen LogP contribution < -0.4 is 0 Å². The van der Waals surface area contributed by atoms with E-state index in [2.05, 4.69) is 49.1 Å². The summed E-state index contributed by atoms with van der Waals surface area (Å²) in [6, 6.07) is 14.8. The number of hydrogen-bond acceptors (Lipinski definition) is 2. The minimum atomic E-state index is 0.239. The van der Waals surface area contributed by atoms with Crippen molar-refractivity contribution in [1.82, 2.24) is 4.90 Å². The Balaban J connectivity index is 1.85. The molecule has 104 valence electrons. The molecule has 2 aromatic rings. The highest BCUT2D eigenvalue weighted by atomic mass is 16.3. The first-order chi connectivity index (χ1) is 9.65. The molecule has 2 heteroatoms. The second-order valence-electron chi connectivity index (χ2n) is 5.73. The molecule has 1 aliphatic heterocycles. The lowest BCUT2D eigenvalue weighted by Gasteiger charge is -2.34. The van der Waals surface area contributed by atoms with Crippen molar-refractivity contribution in [2.45, 2.75) is 32.9 Å². The van der Waals surface area contributed by atoms with Gasteiger partial charge in [0.25, 0.3) is 0 Å². The summed E-state index contributed by atoms with van der Waals surface area (Å²) in [7, 11) is 0. The summed E-state index contributed by atoms with van der Waals surface area (Å²) in [4.78, 5) is 2.44. The average Bonchev–Trinajstić information content (AvgIpc) is 2.48. The maximum absolute atomic E-state index is 10.1. The molecule has 1 N–H and O–H groups in total. The summed E-state index contributed by atoms with van der Waals surface area (Å²) in [5, 5.41) is 10.1. The van der Waals surface area contributed by atoms with Crippen LogP contribution in [-0.4, -0.2) is 16.6 Å². The van der Waals surface area contributed by atoms with Crippen LogP contribution in [-0.2, 0) is 13.0 Å². The fraction of sp³-hybridized carbons (Fsp3) is 0.333. The van der Waals surface area contributed by atoms with Crippen molar-refractivity contribution in [1.29, 1.82) is 0 Å². The van der Waals surface area contributed by atoms with Gasteiger partial charge in [0, 0.05) is 24.7 Å². The first-order valence-corrected chi connectivity index (χ1v) is 7.25. The maximum Gasteiger partial charge on any atom is 0.120 e. The molecule has 1 atom stereocenters. The third-order valence-corrected chi connectivity index (χ3v) is 4.34. The molecule has 0 aliphatic carbocycles. The molecule has 2 aromatic carbocycles. The number of phenols is 1. The van der Waals surface area contributed by atoms with E-state index in [0.29, 0.717) is 5.75 Å². The number of fused-ring (bicyclic) bond motifs is 1. The highest BCUT2D eigenvalue weighted by Gasteiger charge is 2.23. The normalized spacial score (nSPS) is 16.7. The summed E-state index contributed by atoms with van der Waals surface area (Å²) >= 11 is 0. The second-order valence-corrected chi connectivity index (χ2v) is 5.73. The zero-order chi connectivity index (χ0) is 14.1. The fourth-order valence-corrected chi connectivity index (χ4v) is 3.05. The van der Waals surface area contributed by atoms with Crippen molar-refractivity contribution >= 4 is 0 Å². The van der Waals surface area contributed by atoms with E-state index in [1.807, 2.05) is 6.07 Å². The molecule has 0 fully saturated rings. The Bertz CT molecular complexity index is 621. The van der Waals surface area contributed by atoms with Crippen molar-refractivity contribution in [2.75, 3.05) is 6.54 Å². The number of benzene rings is 2. The summed E-state index contributed by atoms with van der Waals surface area (Å²) in [5.41, 5.74) is 5.11. The summed E-state index contributed by atoms with van der Waals surface area (Å²) in [6.45, 7) is 6.26. The van der Waals surface area contributed by atoms with Gasteiger partial charge in [-0.05, 0) is 37.5 Å². The van der Waals surface area contributed by atoms with Gasteiger partial charge in [0.05, 0.1) is 0 Å². The molecule has 2 nitrogen and oxygen atoms in total. The Kier molecular flexibility index (Phi) is 3.49. The lowest BCUT2D eigenvalue weighted by Crippen LogP contribution is -2.32. The van der Waals surface area contributed by atoms with Gasteiger partial charge in [-0.1, -0.05) is 42.0 Å². The Labute approximate surface area is 120 Å². The fourth-order valence-electron chi connectivity index (χ4n) is 3.05. The van der Waals surface area contributed by atoms with Crippen molar-refractivity contribution in [3.05, 3.63) is 64.7 Å². The van der Waals surface area contributed by atoms with Gasteiger partial charge in [-0.3, -0.25) is 4.90 Å². The van der Waals surface area contributed by atoms with Crippen LogP contribution in [0.1, 0.15) is 35.2 Å². The molecule has 0 radical (unpaired) electrons. The number of phenolic OH excluding ortho intramolecular Hbond substituents is 1. The van der Waals surface area contributed by atoms with Crippen LogP contribution in [0, 0.1) is 6.92 Å². The molecule has 0 spiro atoms. The van der Waals surface area contributed by atoms with E-state index in [9.17, 15) is 5.11 Å². The number of nitrogens with zero attached hydrogens (tertiary/aromatic N) is 1. The lowest BCUT2D eigenvalue weighted by molar-refractivity contribution is 0.189. The second kappa shape index (κ2) is 5.29. The Hall–Kier alpha value is -1.80. The van der Waals surface area contributed by atoms with Gasteiger partial charge in [0.15, 0.2) is 0 Å². The molecule has 1 aliphatic rings. The molecule has 20 heavy (non-hydrogen) atoms. The zero-order valence-corrected chi connectivity index (χ0v) is 12.1. The number of hydrogen-bond donors (Lipinski definition) is 1. The third-order valence-electron chi connectivity index (χ3n) is 4.34. The predicted molar refractivity (Wildman–Crippen MR) is 81.8 cm³/mol. The molecule has 3 rings (SSSR count). The van der Waals surface area contributed by atoms with Crippen molar-refractivity contribution in [3.63, 3.8) is 0 Å². The summed E-state index contributed by atoms with van der Waals surface area (Å²) in [5.74, 6) is 0.405. The summed E-state index contributed by atoms with van der Waals surface area (Å²) < 4.78 is 0. The van der Waals surface area contributed by atoms with Gasteiger partial charge in [0.2, 0.25) is 0 Å². The van der Waals surface area contributed by atoms with Crippen LogP contribution in [0.2, 0.25) is 0 Å². The van der Waals surface area contributed by atoms with Crippen LogP contribution in [0.5, 0.6) is 5.75 Å². The van der Waals surface area contributed by atoms with Gasteiger partial charge in [-0.15, -0.1) is 0 Å². The largest absolute Gasteiger partial charge is 0.508 e. The molecule has 1 heterocycles. The standard InChI is InChI=1S/C18H21NO/c1-13-7-8-18(20)17(11-13)14(2)19-10-9-15-5-3-4-6-16(15)12-19/h3-8,11,14,20H,9-10,12H2,1-2H3. The monoisotopic (exact) mass is 267 g/mol. The first kappa shape index (κ1) is 13.2. The van der Waals surface area contributed by atoms with Gasteiger partial charge >= 0.3 is 0 Å². The van der Waals surface area contributed by atoms with Crippen molar-refractivity contribution < 1.29 is 5.11 Å². The molecule has 0 amide bonds. The highest BCUT2D eigenvalue weighted by Crippen LogP contribution is 2.32. The number of rotatable bonds is 2. The minimum Gasteiger partial charge on any atom is -0.508 e. The van der Waals surface area contributed by atoms with E-state index in [-0.39, 0.29) is 6.04 Å². The molecule has 1 unspecified atom stereocenters. The van der Waals surface area contributed by atoms with Gasteiger partial charge in [-0.25, -0.2) is 0 Å². The molecule has 0 saturated carbocycles. The molecule has 0 bridgehead atoms. The number of aryl methyl sites for hydroxylation is 1. The van der Waals surface area contributed by atoms with E-state index in [1.54, 1.807) is 6.07 Å². The van der Waals surface area contributed by atoms with E-state index in [4.69, 9.17) is 0 Å². The average molecular weight is 267 g/mol. The Morgan fingerprint density at radius 1 is 1.10 bits per heavy atom. The Morgan fingerprint density at radius 3 is 2.65 bits per heavy atom. The van der Waals surface area contributed by atoms with E-state index < -0.39 is 0 Å². The van der Waals surface area contributed by atoms with E-state index >= 15 is 0 Å². The molecular formula is C18H21NO. The topological polar surface area (TPSA) is 23.5 Å². The quantitative estimate of drug-likeness (QED) is 0.894. The van der Waals surface area contributed by atoms with Crippen LogP contribution in [0.25, 0.3) is 0 Å². The molecular weight excluding hydrogens is 246 g/mol. The maximum atomic E-state index is 10.1. The van der Waals surface area contributed by atoms with E-state index in [0.717, 1.165) is 25.1 Å². The SMILES string of the molecule is Cc1ccc(O)c(C(C)N2CCc3ccccc3C2)c1. The highest BCUT2D eigenvalue weighted by molar-refractivity contribution is 5.38. The first-order valence-electron chi connectivity index (χ1n) is 7.25. The number of aromatic hydroxyl groups is 1. The molecule has 0 aromatic heterocycles.